The molecule has 1 aliphatic carbocycles. The molecule has 0 aromatic carbocycles. The fourth-order valence-corrected chi connectivity index (χ4v) is 5.58. The number of hydrogen-bond acceptors (Lipinski definition) is 3. The van der Waals surface area contributed by atoms with E-state index in [1.807, 2.05) is 24.5 Å². The Labute approximate surface area is 163 Å². The third kappa shape index (κ3) is 5.18. The van der Waals surface area contributed by atoms with Gasteiger partial charge in [0.1, 0.15) is 5.00 Å². The molecule has 2 rings (SSSR count). The van der Waals surface area contributed by atoms with Crippen LogP contribution in [0.1, 0.15) is 95.1 Å². The molecule has 2 N–H and O–H groups in total. The predicted molar refractivity (Wildman–Crippen MR) is 114 cm³/mol. The second-order valence-corrected chi connectivity index (χ2v) is 9.75. The molecule has 0 bridgehead atoms. The summed E-state index contributed by atoms with van der Waals surface area (Å²) in [5, 5.41) is 1.21. The molecule has 0 fully saturated rings. The molecule has 1 aliphatic rings. The zero-order valence-electron chi connectivity index (χ0n) is 17.2. The molecule has 1 aromatic heterocycles. The van der Waals surface area contributed by atoms with Gasteiger partial charge in [-0.2, -0.15) is 0 Å². The molecular formula is C22H36N2OS. The number of fused-ring (bicyclic) bond motifs is 1. The summed E-state index contributed by atoms with van der Waals surface area (Å²) in [6.45, 7) is 11.2. The first-order valence-corrected chi connectivity index (χ1v) is 11.0. The van der Waals surface area contributed by atoms with Crippen LogP contribution in [0, 0.1) is 11.3 Å². The number of aryl methyl sites for hydroxylation is 1. The van der Waals surface area contributed by atoms with Crippen LogP contribution in [0.2, 0.25) is 0 Å². The molecule has 146 valence electrons. The molecule has 0 saturated carbocycles. The number of primary amides is 1. The maximum Gasteiger partial charge on any atom is 0.220 e. The van der Waals surface area contributed by atoms with Crippen molar-refractivity contribution in [1.82, 2.24) is 0 Å². The van der Waals surface area contributed by atoms with E-state index in [9.17, 15) is 4.79 Å². The minimum absolute atomic E-state index is 0.0376. The third-order valence-corrected chi connectivity index (χ3v) is 6.98. The summed E-state index contributed by atoms with van der Waals surface area (Å²) in [7, 11) is 0. The lowest BCUT2D eigenvalue weighted by Crippen LogP contribution is -2.23. The topological polar surface area (TPSA) is 55.4 Å². The van der Waals surface area contributed by atoms with Crippen LogP contribution >= 0.6 is 11.3 Å². The van der Waals surface area contributed by atoms with Crippen molar-refractivity contribution in [3.63, 3.8) is 0 Å². The van der Waals surface area contributed by atoms with Crippen molar-refractivity contribution in [2.45, 2.75) is 91.9 Å². The molecule has 0 saturated heterocycles. The highest BCUT2D eigenvalue weighted by molar-refractivity contribution is 7.16. The average Bonchev–Trinajstić information content (AvgIpc) is 2.90. The van der Waals surface area contributed by atoms with E-state index in [4.69, 9.17) is 10.7 Å². The number of rotatable bonds is 9. The highest BCUT2D eigenvalue weighted by Gasteiger charge is 2.31. The average molecular weight is 377 g/mol. The highest BCUT2D eigenvalue weighted by atomic mass is 32.1. The summed E-state index contributed by atoms with van der Waals surface area (Å²) in [6.07, 6.45) is 10.5. The van der Waals surface area contributed by atoms with Crippen LogP contribution in [0.15, 0.2) is 4.99 Å². The molecule has 0 spiro atoms. The van der Waals surface area contributed by atoms with Gasteiger partial charge in [-0.3, -0.25) is 9.79 Å². The van der Waals surface area contributed by atoms with Crippen LogP contribution in [0.25, 0.3) is 0 Å². The van der Waals surface area contributed by atoms with E-state index < -0.39 is 0 Å². The third-order valence-electron chi connectivity index (χ3n) is 5.76. The van der Waals surface area contributed by atoms with Crippen molar-refractivity contribution >= 4 is 28.5 Å². The zero-order valence-corrected chi connectivity index (χ0v) is 18.0. The quantitative estimate of drug-likeness (QED) is 0.515. The van der Waals surface area contributed by atoms with Crippen molar-refractivity contribution < 1.29 is 4.79 Å². The van der Waals surface area contributed by atoms with Crippen LogP contribution in [-0.4, -0.2) is 12.1 Å². The Morgan fingerprint density at radius 2 is 2.08 bits per heavy atom. The van der Waals surface area contributed by atoms with Crippen molar-refractivity contribution in [1.29, 1.82) is 0 Å². The van der Waals surface area contributed by atoms with Gasteiger partial charge in [0.2, 0.25) is 5.91 Å². The number of carbonyl (C=O) groups is 1. The molecule has 1 amide bonds. The number of nitrogens with zero attached hydrogens (tertiary/aromatic N) is 1. The minimum atomic E-state index is -0.134. The fourth-order valence-electron chi connectivity index (χ4n) is 4.24. The van der Waals surface area contributed by atoms with E-state index >= 15 is 0 Å². The van der Waals surface area contributed by atoms with Gasteiger partial charge < -0.3 is 5.73 Å². The Kier molecular flexibility index (Phi) is 7.45. The second kappa shape index (κ2) is 9.16. The van der Waals surface area contributed by atoms with Gasteiger partial charge in [-0.15, -0.1) is 11.3 Å². The van der Waals surface area contributed by atoms with E-state index in [1.165, 1.54) is 23.4 Å². The summed E-state index contributed by atoms with van der Waals surface area (Å²) in [5.41, 5.74) is 8.99. The molecule has 26 heavy (non-hydrogen) atoms. The Morgan fingerprint density at radius 1 is 1.35 bits per heavy atom. The van der Waals surface area contributed by atoms with Crippen molar-refractivity contribution in [3.05, 3.63) is 16.0 Å². The van der Waals surface area contributed by atoms with Crippen molar-refractivity contribution in [2.75, 3.05) is 0 Å². The summed E-state index contributed by atoms with van der Waals surface area (Å²) < 4.78 is 0. The first-order chi connectivity index (χ1) is 12.3. The first-order valence-electron chi connectivity index (χ1n) is 10.2. The molecule has 0 radical (unpaired) electrons. The van der Waals surface area contributed by atoms with Gasteiger partial charge in [0.25, 0.3) is 0 Å². The van der Waals surface area contributed by atoms with Crippen LogP contribution in [0.3, 0.4) is 0 Å². The Hall–Kier alpha value is -1.16. The van der Waals surface area contributed by atoms with Gasteiger partial charge in [-0.1, -0.05) is 40.5 Å². The van der Waals surface area contributed by atoms with Crippen molar-refractivity contribution in [2.24, 2.45) is 22.1 Å². The summed E-state index contributed by atoms with van der Waals surface area (Å²) >= 11 is 1.90. The Balaban J connectivity index is 2.13. The van der Waals surface area contributed by atoms with Crippen LogP contribution in [-0.2, 0) is 17.6 Å². The van der Waals surface area contributed by atoms with Gasteiger partial charge in [-0.25, -0.2) is 0 Å². The predicted octanol–water partition coefficient (Wildman–Crippen LogP) is 6.16. The molecule has 3 nitrogen and oxygen atoms in total. The molecule has 2 atom stereocenters. The van der Waals surface area contributed by atoms with Gasteiger partial charge in [0.05, 0.1) is 0 Å². The minimum Gasteiger partial charge on any atom is -0.369 e. The zero-order chi connectivity index (χ0) is 19.3. The van der Waals surface area contributed by atoms with Crippen LogP contribution < -0.4 is 5.73 Å². The molecule has 0 aliphatic heterocycles. The van der Waals surface area contributed by atoms with Crippen molar-refractivity contribution in [3.8, 4) is 0 Å². The second-order valence-electron chi connectivity index (χ2n) is 8.67. The largest absolute Gasteiger partial charge is 0.369 e. The summed E-state index contributed by atoms with van der Waals surface area (Å²) in [6, 6.07) is 0. The van der Waals surface area contributed by atoms with Crippen LogP contribution in [0.5, 0.6) is 0 Å². The lowest BCUT2D eigenvalue weighted by atomic mass is 9.74. The van der Waals surface area contributed by atoms with Gasteiger partial charge in [-0.05, 0) is 67.9 Å². The number of nitrogens with two attached hydrogens (primary N) is 1. The number of hydrogen-bond donors (Lipinski definition) is 1. The van der Waals surface area contributed by atoms with Crippen LogP contribution in [0.4, 0.5) is 5.00 Å². The van der Waals surface area contributed by atoms with E-state index in [0.29, 0.717) is 11.3 Å². The van der Waals surface area contributed by atoms with E-state index in [2.05, 4.69) is 27.7 Å². The summed E-state index contributed by atoms with van der Waals surface area (Å²) in [4.78, 5) is 17.9. The van der Waals surface area contributed by atoms with Gasteiger partial charge in [0, 0.05) is 17.0 Å². The highest BCUT2D eigenvalue weighted by Crippen LogP contribution is 2.48. The SMILES string of the molecule is CC=Nc1sc2c(c1C(C)CCCC(CCC)C(N)=O)CC(C)(C)CC2. The maximum atomic E-state index is 11.6. The van der Waals surface area contributed by atoms with E-state index in [-0.39, 0.29) is 11.8 Å². The Morgan fingerprint density at radius 3 is 2.69 bits per heavy atom. The number of aliphatic imine (C=N–C) groups is 1. The first kappa shape index (κ1) is 21.1. The van der Waals surface area contributed by atoms with Gasteiger partial charge >= 0.3 is 0 Å². The molecule has 4 heteroatoms. The standard InChI is InChI=1S/C22H36N2OS/c1-6-9-16(20(23)25)11-8-10-15(3)19-17-14-22(4,5)13-12-18(17)26-21(19)24-7-2/h7,15-16H,6,8-14H2,1-5H3,(H2,23,25). The van der Waals surface area contributed by atoms with E-state index in [1.54, 1.807) is 10.4 Å². The number of carbonyl (C=O) groups excluding carboxylic acids is 1. The normalized spacial score (nSPS) is 18.7. The molecule has 1 heterocycles. The number of thiophene rings is 1. The van der Waals surface area contributed by atoms with E-state index in [0.717, 1.165) is 38.5 Å². The Bertz CT molecular complexity index is 645. The lowest BCUT2D eigenvalue weighted by molar-refractivity contribution is -0.122. The lowest BCUT2D eigenvalue weighted by Gasteiger charge is -2.30. The van der Waals surface area contributed by atoms with Gasteiger partial charge in [0.15, 0.2) is 0 Å². The smallest absolute Gasteiger partial charge is 0.220 e. The molecular weight excluding hydrogens is 340 g/mol. The fraction of sp³-hybridized carbons (Fsp3) is 0.727. The molecule has 2 unspecified atom stereocenters. The molecule has 1 aromatic rings. The number of amides is 1. The summed E-state index contributed by atoms with van der Waals surface area (Å²) in [5.74, 6) is 0.388. The monoisotopic (exact) mass is 376 g/mol. The maximum absolute atomic E-state index is 11.6.